The fourth-order valence-corrected chi connectivity index (χ4v) is 8.24. The molecule has 16 heteroatoms. The number of rotatable bonds is 8. The fraction of sp³-hybridized carbons (Fsp3) is 0.348. The molecule has 2 aliphatic carbocycles. The van der Waals surface area contributed by atoms with Crippen molar-refractivity contribution in [1.29, 1.82) is 0 Å². The van der Waals surface area contributed by atoms with Crippen molar-refractivity contribution in [3.8, 4) is 45.5 Å². The zero-order valence-corrected chi connectivity index (χ0v) is 34.6. The number of halogens is 4. The second-order valence-electron chi connectivity index (χ2n) is 16.5. The fourth-order valence-electron chi connectivity index (χ4n) is 8.24. The van der Waals surface area contributed by atoms with E-state index in [9.17, 15) is 27.2 Å². The van der Waals surface area contributed by atoms with Crippen LogP contribution in [0, 0.1) is 35.1 Å². The van der Waals surface area contributed by atoms with Crippen LogP contribution in [0.3, 0.4) is 0 Å². The molecule has 0 unspecified atom stereocenters. The summed E-state index contributed by atoms with van der Waals surface area (Å²) in [5.74, 6) is -1.94. The third kappa shape index (κ3) is 8.00. The largest absolute Gasteiger partial charge is 0.456 e. The summed E-state index contributed by atoms with van der Waals surface area (Å²) in [5.41, 5.74) is 5.67. The van der Waals surface area contributed by atoms with E-state index in [0.717, 1.165) is 91.4 Å². The molecular formula is C46H44F4N8O4. The highest BCUT2D eigenvalue weighted by atomic mass is 19.2. The quantitative estimate of drug-likeness (QED) is 0.139. The van der Waals surface area contributed by atoms with Crippen LogP contribution in [0.1, 0.15) is 63.5 Å². The molecule has 4 aliphatic rings. The van der Waals surface area contributed by atoms with Gasteiger partial charge in [0.25, 0.3) is 0 Å². The second-order valence-corrected chi connectivity index (χ2v) is 16.5. The molecule has 62 heavy (non-hydrogen) atoms. The van der Waals surface area contributed by atoms with Gasteiger partial charge in [0.1, 0.15) is 34.5 Å². The lowest BCUT2D eigenvalue weighted by molar-refractivity contribution is -0.121. The highest BCUT2D eigenvalue weighted by Crippen LogP contribution is 2.48. The van der Waals surface area contributed by atoms with Crippen molar-refractivity contribution in [2.24, 2.45) is 25.9 Å². The number of amides is 2. The van der Waals surface area contributed by atoms with Crippen molar-refractivity contribution in [2.45, 2.75) is 77.3 Å². The SMILES string of the molecule is C[C@H]1CCc2c(ccc(-c3cn(C)nn3)c2Oc2cc(F)ccc2F)N1C(=O)C1CC1.C[C@H]1CCc2c(ccc(-c3cn(C)nn3)c2Oc2ccc(F)c(F)c2)N1C(=O)C1CC1. The number of fused-ring (bicyclic) bond motifs is 2. The number of carbonyl (C=O) groups excluding carboxylic acids is 2. The molecule has 10 rings (SSSR count). The maximum absolute atomic E-state index is 14.4. The van der Waals surface area contributed by atoms with Gasteiger partial charge in [-0.3, -0.25) is 19.0 Å². The average Bonchev–Trinajstić information content (AvgIpc) is 4.19. The van der Waals surface area contributed by atoms with Crippen molar-refractivity contribution in [3.05, 3.63) is 107 Å². The van der Waals surface area contributed by atoms with Gasteiger partial charge in [-0.1, -0.05) is 10.4 Å². The third-order valence-corrected chi connectivity index (χ3v) is 11.8. The van der Waals surface area contributed by atoms with Crippen LogP contribution in [-0.4, -0.2) is 53.9 Å². The van der Waals surface area contributed by atoms with Gasteiger partial charge in [-0.2, -0.15) is 0 Å². The first-order chi connectivity index (χ1) is 29.8. The summed E-state index contributed by atoms with van der Waals surface area (Å²) >= 11 is 0. The van der Waals surface area contributed by atoms with Crippen LogP contribution in [0.4, 0.5) is 28.9 Å². The lowest BCUT2D eigenvalue weighted by atomic mass is 9.92. The van der Waals surface area contributed by atoms with Gasteiger partial charge in [0.15, 0.2) is 23.2 Å². The smallest absolute Gasteiger partial charge is 0.230 e. The van der Waals surface area contributed by atoms with E-state index in [1.54, 1.807) is 41.9 Å². The Morgan fingerprint density at radius 2 is 1.10 bits per heavy atom. The van der Waals surface area contributed by atoms with Crippen LogP contribution in [0.2, 0.25) is 0 Å². The van der Waals surface area contributed by atoms with E-state index in [1.807, 2.05) is 34.9 Å². The Hall–Kier alpha value is -6.58. The van der Waals surface area contributed by atoms with Crippen LogP contribution < -0.4 is 19.3 Å². The summed E-state index contributed by atoms with van der Waals surface area (Å²) < 4.78 is 70.7. The summed E-state index contributed by atoms with van der Waals surface area (Å²) in [6.45, 7) is 4.09. The number of nitrogens with zero attached hydrogens (tertiary/aromatic N) is 8. The second kappa shape index (κ2) is 16.4. The number of aryl methyl sites for hydroxylation is 2. The zero-order chi connectivity index (χ0) is 43.4. The minimum absolute atomic E-state index is 0.0572. The number of ether oxygens (including phenoxy) is 2. The number of hydrogen-bond acceptors (Lipinski definition) is 8. The molecule has 2 aromatic heterocycles. The van der Waals surface area contributed by atoms with E-state index < -0.39 is 23.3 Å². The van der Waals surface area contributed by atoms with Gasteiger partial charge in [-0.05, 0) is 114 Å². The van der Waals surface area contributed by atoms with Gasteiger partial charge in [0, 0.05) is 72.4 Å². The predicted octanol–water partition coefficient (Wildman–Crippen LogP) is 9.26. The van der Waals surface area contributed by atoms with Crippen LogP contribution in [0.5, 0.6) is 23.0 Å². The Morgan fingerprint density at radius 1 is 0.597 bits per heavy atom. The van der Waals surface area contributed by atoms with Crippen LogP contribution in [0.25, 0.3) is 22.5 Å². The number of carbonyl (C=O) groups is 2. The maximum atomic E-state index is 14.4. The Morgan fingerprint density at radius 3 is 1.56 bits per heavy atom. The number of anilines is 2. The molecule has 0 radical (unpaired) electrons. The molecule has 6 aromatic rings. The van der Waals surface area contributed by atoms with E-state index in [-0.39, 0.29) is 47.2 Å². The molecular weight excluding hydrogens is 805 g/mol. The van der Waals surface area contributed by atoms with Gasteiger partial charge < -0.3 is 19.3 Å². The van der Waals surface area contributed by atoms with Crippen molar-refractivity contribution < 1.29 is 36.6 Å². The summed E-state index contributed by atoms with van der Waals surface area (Å²) in [6, 6.07) is 14.2. The highest BCUT2D eigenvalue weighted by Gasteiger charge is 2.41. The Balaban J connectivity index is 0.000000158. The molecule has 320 valence electrons. The Bertz CT molecular complexity index is 2710. The lowest BCUT2D eigenvalue weighted by Crippen LogP contribution is -2.43. The highest BCUT2D eigenvalue weighted by molar-refractivity contribution is 6.00. The molecule has 2 atom stereocenters. The van der Waals surface area contributed by atoms with E-state index >= 15 is 0 Å². The normalized spacial score (nSPS) is 18.1. The monoisotopic (exact) mass is 848 g/mol. The molecule has 2 amide bonds. The van der Waals surface area contributed by atoms with Gasteiger partial charge in [-0.25, -0.2) is 17.6 Å². The summed E-state index contributed by atoms with van der Waals surface area (Å²) in [5, 5.41) is 16.4. The van der Waals surface area contributed by atoms with Gasteiger partial charge in [0.05, 0.1) is 23.8 Å². The number of benzene rings is 4. The van der Waals surface area contributed by atoms with Gasteiger partial charge >= 0.3 is 0 Å². The first-order valence-corrected chi connectivity index (χ1v) is 20.8. The van der Waals surface area contributed by atoms with Gasteiger partial charge in [0.2, 0.25) is 11.8 Å². The molecule has 2 aliphatic heterocycles. The number of aromatic nitrogens is 6. The molecule has 2 saturated carbocycles. The minimum atomic E-state index is -0.984. The van der Waals surface area contributed by atoms with Crippen LogP contribution in [-0.2, 0) is 36.5 Å². The topological polar surface area (TPSA) is 120 Å². The molecule has 4 aromatic carbocycles. The first-order valence-electron chi connectivity index (χ1n) is 20.8. The standard InChI is InChI=1S/2C23H22F2N4O2/c1-13-3-7-17-20(29(13)23(30)14-4-5-14)10-8-16(19-12-28(2)27-26-19)22(17)31-21-11-15(24)6-9-18(21)25;1-13-3-7-17-21(29(13)23(30)14-4-5-14)10-8-16(20-12-28(2)27-26-20)22(17)31-15-6-9-18(24)19(25)11-15/h2*6,8-14H,3-5,7H2,1-2H3/t2*13-/m00/s1. The van der Waals surface area contributed by atoms with Crippen molar-refractivity contribution >= 4 is 23.2 Å². The zero-order valence-electron chi connectivity index (χ0n) is 34.6. The third-order valence-electron chi connectivity index (χ3n) is 11.8. The molecule has 0 spiro atoms. The number of hydrogen-bond donors (Lipinski definition) is 0. The van der Waals surface area contributed by atoms with Gasteiger partial charge in [-0.15, -0.1) is 10.2 Å². The van der Waals surface area contributed by atoms with E-state index in [4.69, 9.17) is 9.47 Å². The predicted molar refractivity (Wildman–Crippen MR) is 222 cm³/mol. The van der Waals surface area contributed by atoms with E-state index in [1.165, 1.54) is 6.07 Å². The van der Waals surface area contributed by atoms with Crippen molar-refractivity contribution in [3.63, 3.8) is 0 Å². The molecule has 0 saturated heterocycles. The Kier molecular flexibility index (Phi) is 10.8. The molecule has 0 bridgehead atoms. The van der Waals surface area contributed by atoms with E-state index in [2.05, 4.69) is 27.5 Å². The van der Waals surface area contributed by atoms with Crippen LogP contribution in [0.15, 0.2) is 73.1 Å². The van der Waals surface area contributed by atoms with Crippen LogP contribution >= 0.6 is 0 Å². The molecule has 2 fully saturated rings. The summed E-state index contributed by atoms with van der Waals surface area (Å²) in [7, 11) is 3.52. The Labute approximate surface area is 355 Å². The minimum Gasteiger partial charge on any atom is -0.456 e. The summed E-state index contributed by atoms with van der Waals surface area (Å²) in [6.07, 6.45) is 10.0. The van der Waals surface area contributed by atoms with Crippen molar-refractivity contribution in [1.82, 2.24) is 30.0 Å². The maximum Gasteiger partial charge on any atom is 0.230 e. The first kappa shape index (κ1) is 40.8. The van der Waals surface area contributed by atoms with Crippen molar-refractivity contribution in [2.75, 3.05) is 9.80 Å². The van der Waals surface area contributed by atoms with E-state index in [0.29, 0.717) is 46.9 Å². The lowest BCUT2D eigenvalue weighted by Gasteiger charge is -2.36. The average molecular weight is 849 g/mol. The molecule has 0 N–H and O–H groups in total. The molecule has 12 nitrogen and oxygen atoms in total. The summed E-state index contributed by atoms with van der Waals surface area (Å²) in [4.78, 5) is 29.7. The molecule has 4 heterocycles.